The lowest BCUT2D eigenvalue weighted by atomic mass is 9.94. The Kier molecular flexibility index (Phi) is 9.31. The van der Waals surface area contributed by atoms with Crippen molar-refractivity contribution in [3.8, 4) is 90.6 Å². The van der Waals surface area contributed by atoms with E-state index in [9.17, 15) is 0 Å². The van der Waals surface area contributed by atoms with Crippen LogP contribution in [0.2, 0.25) is 0 Å². The number of para-hydroxylation sites is 4. The molecule has 13 aromatic rings. The number of hydrogen-bond acceptors (Lipinski definition) is 8. The highest BCUT2D eigenvalue weighted by molar-refractivity contribution is 6.11. The van der Waals surface area contributed by atoms with Crippen molar-refractivity contribution in [2.75, 3.05) is 0 Å². The second-order valence-electron chi connectivity index (χ2n) is 16.6. The fourth-order valence-electron chi connectivity index (χ4n) is 9.07. The van der Waals surface area contributed by atoms with Crippen molar-refractivity contribution in [3.05, 3.63) is 218 Å². The van der Waals surface area contributed by atoms with Gasteiger partial charge in [0.05, 0.1) is 0 Å². The maximum Gasteiger partial charge on any atom is 0.164 e. The van der Waals surface area contributed by atoms with Gasteiger partial charge in [0.2, 0.25) is 0 Å². The number of hydrogen-bond donors (Lipinski definition) is 0. The van der Waals surface area contributed by atoms with Crippen LogP contribution in [0.1, 0.15) is 0 Å². The van der Waals surface area contributed by atoms with Crippen LogP contribution in [0.25, 0.3) is 134 Å². The van der Waals surface area contributed by atoms with E-state index in [0.29, 0.717) is 34.9 Å². The van der Waals surface area contributed by atoms with Gasteiger partial charge in [-0.3, -0.25) is 0 Å². The highest BCUT2D eigenvalue weighted by Crippen LogP contribution is 2.42. The number of fused-ring (bicyclic) bond motifs is 6. The SMILES string of the molecule is c1ccc(-c2nc(-c3ccccc3)nc(-c3ccc(-c4nc(-c5ccccc5)nc(-c5cc(-c6cccc7c6oc6ccccc67)cc(-c6cccc7c6oc6ccccc67)c5)n4)cc3)n2)cc1. The largest absolute Gasteiger partial charge is 0.455 e. The molecule has 0 unspecified atom stereocenters. The van der Waals surface area contributed by atoms with Crippen LogP contribution >= 0.6 is 0 Å². The van der Waals surface area contributed by atoms with Crippen LogP contribution in [0, 0.1) is 0 Å². The molecule has 0 aliphatic rings. The van der Waals surface area contributed by atoms with E-state index in [1.54, 1.807) is 0 Å². The van der Waals surface area contributed by atoms with E-state index in [-0.39, 0.29) is 0 Å². The number of nitrogens with zero attached hydrogens (tertiary/aromatic N) is 6. The molecule has 0 atom stereocenters. The molecule has 9 aromatic carbocycles. The minimum Gasteiger partial charge on any atom is -0.455 e. The molecule has 0 saturated carbocycles. The van der Waals surface area contributed by atoms with Crippen molar-refractivity contribution in [1.82, 2.24) is 29.9 Å². The molecule has 68 heavy (non-hydrogen) atoms. The summed E-state index contributed by atoms with van der Waals surface area (Å²) in [6.45, 7) is 0. The molecule has 0 amide bonds. The maximum absolute atomic E-state index is 6.62. The fourth-order valence-corrected chi connectivity index (χ4v) is 9.07. The van der Waals surface area contributed by atoms with Gasteiger partial charge in [0.15, 0.2) is 34.9 Å². The molecular weight excluding hydrogens is 837 g/mol. The summed E-state index contributed by atoms with van der Waals surface area (Å²) in [6.07, 6.45) is 0. The monoisotopic (exact) mass is 872 g/mol. The molecule has 0 aliphatic heterocycles. The molecule has 0 bridgehead atoms. The Morgan fingerprint density at radius 2 is 0.515 bits per heavy atom. The van der Waals surface area contributed by atoms with Crippen LogP contribution in [0.4, 0.5) is 0 Å². The minimum atomic E-state index is 0.520. The smallest absolute Gasteiger partial charge is 0.164 e. The van der Waals surface area contributed by atoms with Crippen LogP contribution in [0.5, 0.6) is 0 Å². The molecule has 0 saturated heterocycles. The Morgan fingerprint density at radius 3 is 0.897 bits per heavy atom. The Bertz CT molecular complexity index is 3830. The quantitative estimate of drug-likeness (QED) is 0.149. The molecular formula is C60H36N6O2. The van der Waals surface area contributed by atoms with Gasteiger partial charge in [-0.1, -0.05) is 188 Å². The molecule has 0 N–H and O–H groups in total. The van der Waals surface area contributed by atoms with E-state index in [1.165, 1.54) is 0 Å². The Labute approximate surface area is 390 Å². The van der Waals surface area contributed by atoms with E-state index in [4.69, 9.17) is 38.7 Å². The third kappa shape index (κ3) is 6.96. The van der Waals surface area contributed by atoms with Crippen LogP contribution in [0.15, 0.2) is 227 Å². The van der Waals surface area contributed by atoms with Gasteiger partial charge >= 0.3 is 0 Å². The summed E-state index contributed by atoms with van der Waals surface area (Å²) in [4.78, 5) is 30.4. The average Bonchev–Trinajstić information content (AvgIpc) is 4.00. The summed E-state index contributed by atoms with van der Waals surface area (Å²) < 4.78 is 13.2. The van der Waals surface area contributed by atoms with Crippen LogP contribution in [-0.2, 0) is 0 Å². The van der Waals surface area contributed by atoms with Crippen molar-refractivity contribution >= 4 is 43.9 Å². The molecule has 0 spiro atoms. The molecule has 8 nitrogen and oxygen atoms in total. The second kappa shape index (κ2) is 16.2. The van der Waals surface area contributed by atoms with E-state index in [0.717, 1.165) is 99.5 Å². The number of furan rings is 2. The van der Waals surface area contributed by atoms with E-state index in [2.05, 4.69) is 66.7 Å². The first-order valence-electron chi connectivity index (χ1n) is 22.4. The van der Waals surface area contributed by atoms with Gasteiger partial charge in [-0.05, 0) is 41.5 Å². The van der Waals surface area contributed by atoms with Crippen molar-refractivity contribution < 1.29 is 8.83 Å². The highest BCUT2D eigenvalue weighted by Gasteiger charge is 2.20. The molecule has 0 radical (unpaired) electrons. The molecule has 8 heteroatoms. The second-order valence-corrected chi connectivity index (χ2v) is 16.6. The van der Waals surface area contributed by atoms with E-state index >= 15 is 0 Å². The summed E-state index contributed by atoms with van der Waals surface area (Å²) >= 11 is 0. The zero-order valence-electron chi connectivity index (χ0n) is 36.3. The first-order valence-corrected chi connectivity index (χ1v) is 22.4. The predicted molar refractivity (Wildman–Crippen MR) is 271 cm³/mol. The van der Waals surface area contributed by atoms with Crippen molar-refractivity contribution in [3.63, 3.8) is 0 Å². The van der Waals surface area contributed by atoms with Crippen molar-refractivity contribution in [1.29, 1.82) is 0 Å². The van der Waals surface area contributed by atoms with Gasteiger partial charge in [0.1, 0.15) is 22.3 Å². The third-order valence-electron chi connectivity index (χ3n) is 12.4. The van der Waals surface area contributed by atoms with Gasteiger partial charge in [-0.15, -0.1) is 0 Å². The Hall–Kier alpha value is -9.40. The third-order valence-corrected chi connectivity index (χ3v) is 12.4. The highest BCUT2D eigenvalue weighted by atomic mass is 16.3. The molecule has 0 aliphatic carbocycles. The first kappa shape index (κ1) is 39.0. The zero-order chi connectivity index (χ0) is 45.0. The summed E-state index contributed by atoms with van der Waals surface area (Å²) in [6, 6.07) is 73.5. The summed E-state index contributed by atoms with van der Waals surface area (Å²) in [5, 5.41) is 4.23. The lowest BCUT2D eigenvalue weighted by molar-refractivity contribution is 0.670. The van der Waals surface area contributed by atoms with E-state index in [1.807, 2.05) is 152 Å². The number of aromatic nitrogens is 6. The van der Waals surface area contributed by atoms with Crippen LogP contribution in [0.3, 0.4) is 0 Å². The molecule has 318 valence electrons. The van der Waals surface area contributed by atoms with Gasteiger partial charge < -0.3 is 8.83 Å². The topological polar surface area (TPSA) is 104 Å². The van der Waals surface area contributed by atoms with Crippen LogP contribution < -0.4 is 0 Å². The van der Waals surface area contributed by atoms with Crippen molar-refractivity contribution in [2.45, 2.75) is 0 Å². The van der Waals surface area contributed by atoms with Crippen LogP contribution in [-0.4, -0.2) is 29.9 Å². The summed E-state index contributed by atoms with van der Waals surface area (Å²) in [5.41, 5.74) is 12.2. The number of rotatable bonds is 8. The Balaban J connectivity index is 0.984. The van der Waals surface area contributed by atoms with Crippen molar-refractivity contribution in [2.24, 2.45) is 0 Å². The number of benzene rings is 9. The zero-order valence-corrected chi connectivity index (χ0v) is 36.3. The average molecular weight is 873 g/mol. The van der Waals surface area contributed by atoms with Gasteiger partial charge in [0.25, 0.3) is 0 Å². The lowest BCUT2D eigenvalue weighted by Crippen LogP contribution is -2.01. The van der Waals surface area contributed by atoms with Gasteiger partial charge in [-0.25, -0.2) is 29.9 Å². The minimum absolute atomic E-state index is 0.520. The van der Waals surface area contributed by atoms with Gasteiger partial charge in [0, 0.05) is 66.1 Å². The molecule has 4 heterocycles. The Morgan fingerprint density at radius 1 is 0.221 bits per heavy atom. The predicted octanol–water partition coefficient (Wildman–Crippen LogP) is 15.2. The molecule has 13 rings (SSSR count). The fraction of sp³-hybridized carbons (Fsp3) is 0. The standard InChI is InChI=1S/C60H36N6O2/c1-4-16-37(17-5-1)55-61-56(38-18-6-2-7-19-38)63-58(62-55)40-30-32-41(33-31-40)59-64-57(39-20-8-3-9-21-39)65-60(66-59)44-35-42(45-24-14-26-49-47-22-10-12-28-51(47)67-53(45)49)34-43(36-44)46-25-15-27-50-48-23-11-13-29-52(48)68-54(46)50/h1-36H. The van der Waals surface area contributed by atoms with E-state index < -0.39 is 0 Å². The first-order chi connectivity index (χ1) is 33.7. The maximum atomic E-state index is 6.62. The lowest BCUT2D eigenvalue weighted by Gasteiger charge is -2.13. The summed E-state index contributed by atoms with van der Waals surface area (Å²) in [7, 11) is 0. The van der Waals surface area contributed by atoms with Gasteiger partial charge in [-0.2, -0.15) is 0 Å². The molecule has 4 aromatic heterocycles. The normalized spacial score (nSPS) is 11.5. The summed E-state index contributed by atoms with van der Waals surface area (Å²) in [5.74, 6) is 3.36. The molecule has 0 fully saturated rings.